The number of ether oxygens (including phenoxy) is 1. The Morgan fingerprint density at radius 3 is 2.73 bits per heavy atom. The summed E-state index contributed by atoms with van der Waals surface area (Å²) in [6.45, 7) is 7.96. The van der Waals surface area contributed by atoms with Gasteiger partial charge < -0.3 is 21.1 Å². The Kier molecular flexibility index (Phi) is 11.9. The summed E-state index contributed by atoms with van der Waals surface area (Å²) in [6, 6.07) is 8.61. The van der Waals surface area contributed by atoms with E-state index in [-0.39, 0.29) is 35.8 Å². The summed E-state index contributed by atoms with van der Waals surface area (Å²) in [5.41, 5.74) is 8.33. The second-order valence-electron chi connectivity index (χ2n) is 9.44. The van der Waals surface area contributed by atoms with Crippen molar-refractivity contribution in [2.75, 3.05) is 39.9 Å². The van der Waals surface area contributed by atoms with E-state index in [0.717, 1.165) is 64.6 Å². The van der Waals surface area contributed by atoms with Crippen LogP contribution in [0.25, 0.3) is 0 Å². The molecule has 2 fully saturated rings. The number of nitrogens with zero attached hydrogens (tertiary/aromatic N) is 2. The van der Waals surface area contributed by atoms with Crippen molar-refractivity contribution < 1.29 is 9.53 Å². The first-order valence-corrected chi connectivity index (χ1v) is 12.1. The lowest BCUT2D eigenvalue weighted by Crippen LogP contribution is -2.46. The predicted molar refractivity (Wildman–Crippen MR) is 145 cm³/mol. The SMILES string of the molecule is CCNC(=NCc1cccc(CN2CCCC(C(N)=O)C2)c1)NCC1(CCOC)CCC1.I. The Morgan fingerprint density at radius 1 is 1.27 bits per heavy atom. The molecule has 1 saturated carbocycles. The second-order valence-corrected chi connectivity index (χ2v) is 9.44. The molecule has 1 heterocycles. The van der Waals surface area contributed by atoms with E-state index >= 15 is 0 Å². The number of likely N-dealkylation sites (tertiary alicyclic amines) is 1. The van der Waals surface area contributed by atoms with E-state index in [1.54, 1.807) is 7.11 Å². The van der Waals surface area contributed by atoms with Crippen LogP contribution in [0, 0.1) is 11.3 Å². The molecular formula is C25H42IN5O2. The number of hydrogen-bond donors (Lipinski definition) is 3. The van der Waals surface area contributed by atoms with Gasteiger partial charge in [-0.15, -0.1) is 24.0 Å². The maximum Gasteiger partial charge on any atom is 0.221 e. The van der Waals surface area contributed by atoms with Gasteiger partial charge in [-0.25, -0.2) is 4.99 Å². The number of rotatable bonds is 11. The smallest absolute Gasteiger partial charge is 0.221 e. The van der Waals surface area contributed by atoms with Gasteiger partial charge in [0.05, 0.1) is 12.5 Å². The van der Waals surface area contributed by atoms with Gasteiger partial charge in [0.25, 0.3) is 0 Å². The van der Waals surface area contributed by atoms with Gasteiger partial charge in [-0.3, -0.25) is 9.69 Å². The van der Waals surface area contributed by atoms with Crippen LogP contribution in [0.3, 0.4) is 0 Å². The molecule has 7 nitrogen and oxygen atoms in total. The van der Waals surface area contributed by atoms with Crippen LogP contribution in [-0.4, -0.2) is 56.7 Å². The zero-order valence-corrected chi connectivity index (χ0v) is 22.6. The van der Waals surface area contributed by atoms with Crippen molar-refractivity contribution in [2.24, 2.45) is 22.1 Å². The fourth-order valence-electron chi connectivity index (χ4n) is 4.81. The number of amides is 1. The van der Waals surface area contributed by atoms with E-state index in [1.807, 2.05) is 0 Å². The number of primary amides is 1. The maximum absolute atomic E-state index is 11.6. The highest BCUT2D eigenvalue weighted by molar-refractivity contribution is 14.0. The molecule has 1 unspecified atom stereocenters. The topological polar surface area (TPSA) is 92.0 Å². The van der Waals surface area contributed by atoms with Crippen molar-refractivity contribution in [3.8, 4) is 0 Å². The summed E-state index contributed by atoms with van der Waals surface area (Å²) in [6.07, 6.45) is 6.87. The molecule has 0 radical (unpaired) electrons. The molecule has 8 heteroatoms. The van der Waals surface area contributed by atoms with Gasteiger partial charge in [-0.1, -0.05) is 30.7 Å². The lowest BCUT2D eigenvalue weighted by Gasteiger charge is -2.42. The number of benzene rings is 1. The first-order chi connectivity index (χ1) is 15.5. The molecule has 0 bridgehead atoms. The number of halogens is 1. The van der Waals surface area contributed by atoms with Crippen LogP contribution in [0.2, 0.25) is 0 Å². The number of methoxy groups -OCH3 is 1. The average Bonchev–Trinajstić information content (AvgIpc) is 2.77. The number of hydrogen-bond acceptors (Lipinski definition) is 4. The van der Waals surface area contributed by atoms with Crippen LogP contribution in [0.15, 0.2) is 29.3 Å². The zero-order valence-electron chi connectivity index (χ0n) is 20.3. The number of carbonyl (C=O) groups is 1. The van der Waals surface area contributed by atoms with Crippen LogP contribution in [-0.2, 0) is 22.6 Å². The van der Waals surface area contributed by atoms with Crippen molar-refractivity contribution in [2.45, 2.75) is 58.5 Å². The van der Waals surface area contributed by atoms with Gasteiger partial charge in [0, 0.05) is 39.9 Å². The molecule has 1 aliphatic heterocycles. The monoisotopic (exact) mass is 571 g/mol. The van der Waals surface area contributed by atoms with E-state index in [0.29, 0.717) is 12.0 Å². The van der Waals surface area contributed by atoms with Crippen molar-refractivity contribution in [3.63, 3.8) is 0 Å². The lowest BCUT2D eigenvalue weighted by molar-refractivity contribution is -0.123. The molecular weight excluding hydrogens is 529 g/mol. The zero-order chi connectivity index (χ0) is 22.8. The molecule has 0 aromatic heterocycles. The van der Waals surface area contributed by atoms with E-state index in [9.17, 15) is 4.79 Å². The van der Waals surface area contributed by atoms with Gasteiger partial charge in [-0.2, -0.15) is 0 Å². The molecule has 2 aliphatic rings. The fraction of sp³-hybridized carbons (Fsp3) is 0.680. The molecule has 0 spiro atoms. The Labute approximate surface area is 216 Å². The minimum Gasteiger partial charge on any atom is -0.385 e. The first kappa shape index (κ1) is 27.9. The van der Waals surface area contributed by atoms with Gasteiger partial charge in [-0.05, 0) is 62.1 Å². The Morgan fingerprint density at radius 2 is 2.06 bits per heavy atom. The standard InChI is InChI=1S/C25H41N5O2.HI/c1-3-27-24(29-19-25(10-6-11-25)12-14-32-2)28-16-20-7-4-8-21(15-20)17-30-13-5-9-22(18-30)23(26)31;/h4,7-8,15,22H,3,5-6,9-14,16-19H2,1-2H3,(H2,26,31)(H2,27,28,29);1H. The largest absolute Gasteiger partial charge is 0.385 e. The van der Waals surface area contributed by atoms with Crippen LogP contribution in [0.1, 0.15) is 56.6 Å². The number of piperidine rings is 1. The van der Waals surface area contributed by atoms with E-state index in [2.05, 4.69) is 46.7 Å². The lowest BCUT2D eigenvalue weighted by atomic mass is 9.67. The molecule has 3 rings (SSSR count). The Hall–Kier alpha value is -1.39. The van der Waals surface area contributed by atoms with Gasteiger partial charge in [0.2, 0.25) is 5.91 Å². The van der Waals surface area contributed by atoms with Gasteiger partial charge in [0.15, 0.2) is 5.96 Å². The summed E-state index contributed by atoms with van der Waals surface area (Å²) in [7, 11) is 1.78. The number of nitrogens with one attached hydrogen (secondary N) is 2. The van der Waals surface area contributed by atoms with E-state index < -0.39 is 0 Å². The minimum atomic E-state index is -0.174. The van der Waals surface area contributed by atoms with Crippen molar-refractivity contribution >= 4 is 35.8 Å². The number of nitrogens with two attached hydrogens (primary N) is 1. The second kappa shape index (κ2) is 14.1. The minimum absolute atomic E-state index is 0. The molecule has 33 heavy (non-hydrogen) atoms. The van der Waals surface area contributed by atoms with Crippen LogP contribution in [0.5, 0.6) is 0 Å². The molecule has 186 valence electrons. The van der Waals surface area contributed by atoms with E-state index in [4.69, 9.17) is 15.5 Å². The summed E-state index contributed by atoms with van der Waals surface area (Å²) >= 11 is 0. The normalized spacial score (nSPS) is 20.4. The van der Waals surface area contributed by atoms with E-state index in [1.165, 1.54) is 30.4 Å². The Bertz CT molecular complexity index is 769. The van der Waals surface area contributed by atoms with Crippen molar-refractivity contribution in [3.05, 3.63) is 35.4 Å². The highest BCUT2D eigenvalue weighted by Crippen LogP contribution is 2.43. The third-order valence-corrected chi connectivity index (χ3v) is 6.95. The fourth-order valence-corrected chi connectivity index (χ4v) is 4.81. The molecule has 1 saturated heterocycles. The summed E-state index contributed by atoms with van der Waals surface area (Å²) in [5.74, 6) is 0.683. The molecule has 1 amide bonds. The summed E-state index contributed by atoms with van der Waals surface area (Å²) in [4.78, 5) is 18.7. The third-order valence-electron chi connectivity index (χ3n) is 6.95. The Balaban J connectivity index is 0.00000385. The highest BCUT2D eigenvalue weighted by Gasteiger charge is 2.36. The van der Waals surface area contributed by atoms with Crippen LogP contribution < -0.4 is 16.4 Å². The maximum atomic E-state index is 11.6. The number of aliphatic imine (C=N–C) groups is 1. The molecule has 1 aliphatic carbocycles. The quantitative estimate of drug-likeness (QED) is 0.216. The third kappa shape index (κ3) is 8.72. The van der Waals surface area contributed by atoms with Gasteiger partial charge >= 0.3 is 0 Å². The number of carbonyl (C=O) groups excluding carboxylic acids is 1. The summed E-state index contributed by atoms with van der Waals surface area (Å²) in [5, 5.41) is 6.95. The molecule has 1 atom stereocenters. The first-order valence-electron chi connectivity index (χ1n) is 12.1. The number of guanidine groups is 1. The van der Waals surface area contributed by atoms with Crippen molar-refractivity contribution in [1.29, 1.82) is 0 Å². The van der Waals surface area contributed by atoms with Crippen LogP contribution in [0.4, 0.5) is 0 Å². The summed E-state index contributed by atoms with van der Waals surface area (Å²) < 4.78 is 5.32. The highest BCUT2D eigenvalue weighted by atomic mass is 127. The predicted octanol–water partition coefficient (Wildman–Crippen LogP) is 3.26. The van der Waals surface area contributed by atoms with Gasteiger partial charge in [0.1, 0.15) is 0 Å². The molecule has 1 aromatic rings. The van der Waals surface area contributed by atoms with Crippen LogP contribution >= 0.6 is 24.0 Å². The molecule has 4 N–H and O–H groups in total. The average molecular weight is 572 g/mol. The van der Waals surface area contributed by atoms with Crippen molar-refractivity contribution in [1.82, 2.24) is 15.5 Å². The molecule has 1 aromatic carbocycles.